The number of hydrogen-bond acceptors (Lipinski definition) is 0. The van der Waals surface area contributed by atoms with Crippen LogP contribution < -0.4 is 0 Å². The van der Waals surface area contributed by atoms with Gasteiger partial charge in [-0.25, -0.2) is 0 Å². The van der Waals surface area contributed by atoms with Crippen LogP contribution in [0, 0.1) is 5.92 Å². The predicted octanol–water partition coefficient (Wildman–Crippen LogP) is 4.84. The van der Waals surface area contributed by atoms with Crippen LogP contribution in [-0.2, 0) is 15.3 Å². The molecule has 2 aliphatic carbocycles. The first kappa shape index (κ1) is 13.8. The molecule has 1 saturated heterocycles. The van der Waals surface area contributed by atoms with Crippen LogP contribution in [0.15, 0.2) is 43.3 Å². The van der Waals surface area contributed by atoms with Crippen molar-refractivity contribution in [3.05, 3.63) is 43.3 Å². The van der Waals surface area contributed by atoms with Crippen LogP contribution in [0.5, 0.6) is 0 Å². The van der Waals surface area contributed by atoms with E-state index in [2.05, 4.69) is 45.9 Å². The van der Waals surface area contributed by atoms with Gasteiger partial charge in [-0.2, -0.15) is 0 Å². The summed E-state index contributed by atoms with van der Waals surface area (Å²) in [6.07, 6.45) is 10.1. The maximum absolute atomic E-state index is 2.52. The Morgan fingerprint density at radius 1 is 1.16 bits per heavy atom. The van der Waals surface area contributed by atoms with Gasteiger partial charge in [0, 0.05) is 0 Å². The summed E-state index contributed by atoms with van der Waals surface area (Å²) in [7, 11) is -0.338. The van der Waals surface area contributed by atoms with Crippen molar-refractivity contribution >= 4 is 7.02 Å². The van der Waals surface area contributed by atoms with Crippen LogP contribution >= 0.6 is 0 Å². The first-order valence-corrected chi connectivity index (χ1v) is 18.6. The molecule has 0 amide bonds. The van der Waals surface area contributed by atoms with Gasteiger partial charge in [0.05, 0.1) is 0 Å². The molecule has 0 aromatic rings. The van der Waals surface area contributed by atoms with Crippen LogP contribution in [0.1, 0.15) is 40.5 Å². The Balaban J connectivity index is 1.97. The molecule has 1 heterocycles. The molecule has 99 valence electrons. The molecular formula is C17H25SiZn. The summed E-state index contributed by atoms with van der Waals surface area (Å²) in [4.78, 5) is 0. The van der Waals surface area contributed by atoms with Gasteiger partial charge in [-0.15, -0.1) is 0 Å². The van der Waals surface area contributed by atoms with Gasteiger partial charge in [0.2, 0.25) is 0 Å². The van der Waals surface area contributed by atoms with E-state index < -0.39 is 15.3 Å². The maximum atomic E-state index is 2.52. The van der Waals surface area contributed by atoms with Gasteiger partial charge in [0.25, 0.3) is 0 Å². The van der Waals surface area contributed by atoms with Crippen LogP contribution in [0.2, 0.25) is 12.1 Å². The third-order valence-corrected chi connectivity index (χ3v) is 34.7. The van der Waals surface area contributed by atoms with E-state index in [4.69, 9.17) is 0 Å². The summed E-state index contributed by atoms with van der Waals surface area (Å²) in [6, 6.07) is 3.33. The fourth-order valence-corrected chi connectivity index (χ4v) is 36.8. The molecule has 0 N–H and O–H groups in total. The Kier molecular flexibility index (Phi) is 3.84. The van der Waals surface area contributed by atoms with Crippen LogP contribution in [0.25, 0.3) is 0 Å². The van der Waals surface area contributed by atoms with Gasteiger partial charge in [0.1, 0.15) is 0 Å². The zero-order valence-electron chi connectivity index (χ0n) is 12.9. The molecule has 1 aliphatic heterocycles. The van der Waals surface area contributed by atoms with Crippen molar-refractivity contribution in [3.63, 3.8) is 0 Å². The minimum absolute atomic E-state index is 0.338. The molecule has 3 aliphatic rings. The van der Waals surface area contributed by atoms with Crippen LogP contribution in [-0.4, -0.2) is 7.02 Å². The minimum atomic E-state index is -1.58. The summed E-state index contributed by atoms with van der Waals surface area (Å²) in [5, 5.41) is 0. The topological polar surface area (TPSA) is 0 Å². The van der Waals surface area contributed by atoms with Crippen molar-refractivity contribution in [2.24, 2.45) is 5.92 Å². The van der Waals surface area contributed by atoms with Gasteiger partial charge in [-0.3, -0.25) is 0 Å². The van der Waals surface area contributed by atoms with Crippen molar-refractivity contribution in [3.8, 4) is 0 Å². The molecule has 19 heavy (non-hydrogen) atoms. The van der Waals surface area contributed by atoms with Gasteiger partial charge in [-0.05, 0) is 0 Å². The van der Waals surface area contributed by atoms with E-state index in [1.54, 1.807) is 35.2 Å². The predicted molar refractivity (Wildman–Crippen MR) is 83.5 cm³/mol. The van der Waals surface area contributed by atoms with E-state index in [1.165, 1.54) is 6.42 Å². The third-order valence-electron chi connectivity index (χ3n) is 6.36. The molecular weight excluding hydrogens is 298 g/mol. The molecule has 0 nitrogen and oxygen atoms in total. The van der Waals surface area contributed by atoms with Crippen molar-refractivity contribution < 1.29 is 15.3 Å². The van der Waals surface area contributed by atoms with E-state index >= 15 is 0 Å². The molecule has 0 bridgehead atoms. The van der Waals surface area contributed by atoms with Gasteiger partial charge >= 0.3 is 124 Å². The second-order valence-electron chi connectivity index (χ2n) is 7.02. The second-order valence-corrected chi connectivity index (χ2v) is 27.4. The summed E-state index contributed by atoms with van der Waals surface area (Å²) < 4.78 is 3.96. The normalized spacial score (nSPS) is 27.2. The first-order valence-electron chi connectivity index (χ1n) is 8.05. The molecule has 1 fully saturated rings. The molecule has 0 saturated carbocycles. The van der Waals surface area contributed by atoms with Crippen molar-refractivity contribution in [2.45, 2.75) is 52.6 Å². The van der Waals surface area contributed by atoms with Crippen LogP contribution in [0.4, 0.5) is 0 Å². The SMILES string of the molecule is CC1=C(C)C(C)[C]([Zn]([C]2=CC=CC2)[SiH]2CCC2)=C1C. The van der Waals surface area contributed by atoms with E-state index in [9.17, 15) is 0 Å². The first-order chi connectivity index (χ1) is 9.11. The molecule has 0 aromatic heterocycles. The Bertz CT molecular complexity index is 517. The fourth-order valence-electron chi connectivity index (χ4n) is 4.66. The van der Waals surface area contributed by atoms with E-state index in [0.717, 1.165) is 5.92 Å². The Morgan fingerprint density at radius 3 is 2.32 bits per heavy atom. The summed E-state index contributed by atoms with van der Waals surface area (Å²) >= 11 is -1.58. The monoisotopic (exact) mass is 321 g/mol. The zero-order chi connectivity index (χ0) is 13.6. The number of hydrogen-bond donors (Lipinski definition) is 0. The summed E-state index contributed by atoms with van der Waals surface area (Å²) in [5.41, 5.74) is 5.02. The van der Waals surface area contributed by atoms with Gasteiger partial charge in [-0.1, -0.05) is 0 Å². The number of allylic oxidation sites excluding steroid dienone is 8. The number of rotatable bonds is 3. The van der Waals surface area contributed by atoms with E-state index in [-0.39, 0.29) is 7.02 Å². The summed E-state index contributed by atoms with van der Waals surface area (Å²) in [6.45, 7) is 9.66. The third kappa shape index (κ3) is 2.21. The van der Waals surface area contributed by atoms with Crippen LogP contribution in [0.3, 0.4) is 0 Å². The fraction of sp³-hybridized carbons (Fsp3) is 0.529. The second kappa shape index (κ2) is 5.30. The van der Waals surface area contributed by atoms with Crippen molar-refractivity contribution in [1.29, 1.82) is 0 Å². The Hall–Kier alpha value is -0.200. The standard InChI is InChI=1S/C9H13.C5H5.C3H7Si.Zn/c1-6-5-7(2)9(4)8(6)3;1-2-4-5-3-1;1-2-4-3-1;/h6H,1-4H3;1-3H,4H2;4H,1-3H2;. The molecule has 0 radical (unpaired) electrons. The molecule has 1 atom stereocenters. The molecule has 0 spiro atoms. The molecule has 3 rings (SSSR count). The Morgan fingerprint density at radius 2 is 1.89 bits per heavy atom. The van der Waals surface area contributed by atoms with Gasteiger partial charge in [0.15, 0.2) is 0 Å². The van der Waals surface area contributed by atoms with E-state index in [0.29, 0.717) is 0 Å². The molecule has 1 unspecified atom stereocenters. The Labute approximate surface area is 124 Å². The van der Waals surface area contributed by atoms with E-state index in [1.807, 2.05) is 8.33 Å². The average molecular weight is 323 g/mol. The van der Waals surface area contributed by atoms with Crippen molar-refractivity contribution in [1.82, 2.24) is 0 Å². The molecule has 2 heteroatoms. The molecule has 0 aromatic carbocycles. The van der Waals surface area contributed by atoms with Gasteiger partial charge < -0.3 is 0 Å². The quantitative estimate of drug-likeness (QED) is 0.652. The van der Waals surface area contributed by atoms with Crippen molar-refractivity contribution in [2.75, 3.05) is 0 Å². The summed E-state index contributed by atoms with van der Waals surface area (Å²) in [5.74, 6) is 0.787. The zero-order valence-corrected chi connectivity index (χ0v) is 17.0. The average Bonchev–Trinajstić information content (AvgIpc) is 2.91.